The topological polar surface area (TPSA) is 25.4 Å². The summed E-state index contributed by atoms with van der Waals surface area (Å²) in [5.41, 5.74) is 1.14. The lowest BCUT2D eigenvalue weighted by molar-refractivity contribution is 0.156. The first-order valence-electron chi connectivity index (χ1n) is 5.07. The number of alkyl halides is 1. The first kappa shape index (κ1) is 11.4. The number of nitrogens with zero attached hydrogens (tertiary/aromatic N) is 2. The molecule has 1 atom stereocenters. The van der Waals surface area contributed by atoms with Crippen molar-refractivity contribution in [3.8, 4) is 0 Å². The molecule has 15 heavy (non-hydrogen) atoms. The summed E-state index contributed by atoms with van der Waals surface area (Å²) >= 11 is 5.38. The minimum Gasteiger partial charge on any atom is -0.378 e. The maximum atomic E-state index is 5.48. The Labute approximate surface area is 103 Å². The normalized spacial score (nSPS) is 22.9. The van der Waals surface area contributed by atoms with Gasteiger partial charge in [-0.15, -0.1) is 11.3 Å². The largest absolute Gasteiger partial charge is 0.378 e. The van der Waals surface area contributed by atoms with Crippen molar-refractivity contribution in [3.63, 3.8) is 0 Å². The van der Waals surface area contributed by atoms with Gasteiger partial charge in [-0.3, -0.25) is 0 Å². The van der Waals surface area contributed by atoms with Gasteiger partial charge in [-0.25, -0.2) is 4.98 Å². The molecule has 3 nitrogen and oxygen atoms in total. The molecule has 1 aliphatic heterocycles. The average molecular weight is 291 g/mol. The van der Waals surface area contributed by atoms with Gasteiger partial charge in [0, 0.05) is 18.0 Å². The molecule has 0 radical (unpaired) electrons. The monoisotopic (exact) mass is 290 g/mol. The molecular weight excluding hydrogens is 276 g/mol. The van der Waals surface area contributed by atoms with Crippen molar-refractivity contribution < 1.29 is 4.74 Å². The highest BCUT2D eigenvalue weighted by atomic mass is 79.9. The zero-order chi connectivity index (χ0) is 10.8. The molecule has 1 aliphatic rings. The third-order valence-electron chi connectivity index (χ3n) is 2.51. The van der Waals surface area contributed by atoms with Gasteiger partial charge in [0.2, 0.25) is 0 Å². The molecule has 1 aromatic heterocycles. The van der Waals surface area contributed by atoms with Crippen LogP contribution >= 0.6 is 27.3 Å². The minimum atomic E-state index is 0.407. The molecule has 2 rings (SSSR count). The Kier molecular flexibility index (Phi) is 3.64. The van der Waals surface area contributed by atoms with E-state index in [0.29, 0.717) is 4.83 Å². The van der Waals surface area contributed by atoms with Gasteiger partial charge >= 0.3 is 0 Å². The predicted octanol–water partition coefficient (Wildman–Crippen LogP) is 2.36. The summed E-state index contributed by atoms with van der Waals surface area (Å²) in [7, 11) is 0. The Morgan fingerprint density at radius 1 is 1.53 bits per heavy atom. The van der Waals surface area contributed by atoms with Crippen molar-refractivity contribution in [1.29, 1.82) is 0 Å². The van der Waals surface area contributed by atoms with E-state index >= 15 is 0 Å². The fourth-order valence-corrected chi connectivity index (χ4v) is 3.02. The van der Waals surface area contributed by atoms with Crippen molar-refractivity contribution >= 4 is 32.4 Å². The standard InChI is InChI=1S/C10H15BrN2OS/c1-7-8(2)15-10(12-7)13-3-4-14-6-9(11)5-13/h9H,3-6H2,1-2H3. The number of aryl methyl sites for hydroxylation is 2. The molecule has 84 valence electrons. The first-order chi connectivity index (χ1) is 7.16. The molecule has 0 amide bonds. The number of aromatic nitrogens is 1. The number of hydrogen-bond donors (Lipinski definition) is 0. The SMILES string of the molecule is Cc1nc(N2CCOCC(Br)C2)sc1C. The third kappa shape index (κ3) is 2.71. The molecule has 1 unspecified atom stereocenters. The van der Waals surface area contributed by atoms with Crippen LogP contribution in [0, 0.1) is 13.8 Å². The molecule has 0 aliphatic carbocycles. The lowest BCUT2D eigenvalue weighted by Crippen LogP contribution is -2.29. The summed E-state index contributed by atoms with van der Waals surface area (Å²) in [5, 5.41) is 1.12. The van der Waals surface area contributed by atoms with Gasteiger partial charge in [0.15, 0.2) is 5.13 Å². The van der Waals surface area contributed by atoms with E-state index in [1.165, 1.54) is 4.88 Å². The van der Waals surface area contributed by atoms with Crippen LogP contribution < -0.4 is 4.90 Å². The number of thiazole rings is 1. The number of anilines is 1. The first-order valence-corrected chi connectivity index (χ1v) is 6.81. The lowest BCUT2D eigenvalue weighted by atomic mass is 10.4. The van der Waals surface area contributed by atoms with Gasteiger partial charge in [-0.1, -0.05) is 15.9 Å². The minimum absolute atomic E-state index is 0.407. The molecule has 0 N–H and O–H groups in total. The van der Waals surface area contributed by atoms with Crippen LogP contribution in [0.1, 0.15) is 10.6 Å². The van der Waals surface area contributed by atoms with Crippen LogP contribution in [0.4, 0.5) is 5.13 Å². The molecule has 1 aromatic rings. The summed E-state index contributed by atoms with van der Waals surface area (Å²) < 4.78 is 5.48. The van der Waals surface area contributed by atoms with E-state index in [-0.39, 0.29) is 0 Å². The maximum absolute atomic E-state index is 5.48. The lowest BCUT2D eigenvalue weighted by Gasteiger charge is -2.19. The molecular formula is C10H15BrN2OS. The van der Waals surface area contributed by atoms with Crippen LogP contribution in [0.15, 0.2) is 0 Å². The van der Waals surface area contributed by atoms with Gasteiger partial charge in [0.1, 0.15) is 0 Å². The highest BCUT2D eigenvalue weighted by Gasteiger charge is 2.19. The van der Waals surface area contributed by atoms with Crippen LogP contribution in [0.5, 0.6) is 0 Å². The van der Waals surface area contributed by atoms with Gasteiger partial charge in [-0.2, -0.15) is 0 Å². The fraction of sp³-hybridized carbons (Fsp3) is 0.700. The smallest absolute Gasteiger partial charge is 0.185 e. The van der Waals surface area contributed by atoms with Crippen molar-refractivity contribution in [3.05, 3.63) is 10.6 Å². The van der Waals surface area contributed by atoms with E-state index in [1.54, 1.807) is 11.3 Å². The molecule has 0 spiro atoms. The Bertz CT molecular complexity index is 323. The van der Waals surface area contributed by atoms with Gasteiger partial charge in [0.25, 0.3) is 0 Å². The van der Waals surface area contributed by atoms with E-state index in [0.717, 1.165) is 37.1 Å². The molecule has 0 aromatic carbocycles. The van der Waals surface area contributed by atoms with Gasteiger partial charge in [0.05, 0.1) is 23.7 Å². The van der Waals surface area contributed by atoms with E-state index in [1.807, 2.05) is 0 Å². The van der Waals surface area contributed by atoms with Crippen molar-refractivity contribution in [2.24, 2.45) is 0 Å². The second kappa shape index (κ2) is 4.80. The van der Waals surface area contributed by atoms with Gasteiger partial charge < -0.3 is 9.64 Å². The average Bonchev–Trinajstić information content (AvgIpc) is 2.41. The Morgan fingerprint density at radius 2 is 2.33 bits per heavy atom. The maximum Gasteiger partial charge on any atom is 0.185 e. The molecule has 0 bridgehead atoms. The molecule has 5 heteroatoms. The number of ether oxygens (including phenoxy) is 1. The molecule has 2 heterocycles. The number of rotatable bonds is 1. The summed E-state index contributed by atoms with van der Waals surface area (Å²) in [6.45, 7) is 7.69. The van der Waals surface area contributed by atoms with Crippen molar-refractivity contribution in [2.75, 3.05) is 31.2 Å². The van der Waals surface area contributed by atoms with E-state index in [4.69, 9.17) is 4.74 Å². The number of halogens is 1. The second-order valence-electron chi connectivity index (χ2n) is 3.76. The Hall–Kier alpha value is -0.130. The Balaban J connectivity index is 2.14. The third-order valence-corrected chi connectivity index (χ3v) is 4.20. The molecule has 1 fully saturated rings. The van der Waals surface area contributed by atoms with Crippen molar-refractivity contribution in [2.45, 2.75) is 18.7 Å². The van der Waals surface area contributed by atoms with Crippen LogP contribution in [0.25, 0.3) is 0 Å². The van der Waals surface area contributed by atoms with Crippen LogP contribution in [0.3, 0.4) is 0 Å². The quantitative estimate of drug-likeness (QED) is 0.743. The predicted molar refractivity (Wildman–Crippen MR) is 67.3 cm³/mol. The summed E-state index contributed by atoms with van der Waals surface area (Å²) in [4.78, 5) is 8.59. The zero-order valence-corrected chi connectivity index (χ0v) is 11.4. The highest BCUT2D eigenvalue weighted by Crippen LogP contribution is 2.26. The zero-order valence-electron chi connectivity index (χ0n) is 8.99. The highest BCUT2D eigenvalue weighted by molar-refractivity contribution is 9.09. The van der Waals surface area contributed by atoms with Gasteiger partial charge in [-0.05, 0) is 13.8 Å². The second-order valence-corrected chi connectivity index (χ2v) is 6.23. The van der Waals surface area contributed by atoms with E-state index in [9.17, 15) is 0 Å². The fourth-order valence-electron chi connectivity index (χ4n) is 1.53. The molecule has 0 saturated carbocycles. The van der Waals surface area contributed by atoms with Crippen LogP contribution in [-0.4, -0.2) is 36.1 Å². The Morgan fingerprint density at radius 3 is 3.00 bits per heavy atom. The van der Waals surface area contributed by atoms with Crippen LogP contribution in [0.2, 0.25) is 0 Å². The number of hydrogen-bond acceptors (Lipinski definition) is 4. The van der Waals surface area contributed by atoms with Crippen LogP contribution in [-0.2, 0) is 4.74 Å². The van der Waals surface area contributed by atoms with Crippen molar-refractivity contribution in [1.82, 2.24) is 4.98 Å². The molecule has 1 saturated heterocycles. The van der Waals surface area contributed by atoms with E-state index < -0.39 is 0 Å². The summed E-state index contributed by atoms with van der Waals surface area (Å²) in [6, 6.07) is 0. The summed E-state index contributed by atoms with van der Waals surface area (Å²) in [6.07, 6.45) is 0. The summed E-state index contributed by atoms with van der Waals surface area (Å²) in [5.74, 6) is 0. The van der Waals surface area contributed by atoms with E-state index in [2.05, 4.69) is 39.7 Å².